The summed E-state index contributed by atoms with van der Waals surface area (Å²) in [4.78, 5) is 12.3. The van der Waals surface area contributed by atoms with E-state index in [-0.39, 0.29) is 15.7 Å². The summed E-state index contributed by atoms with van der Waals surface area (Å²) in [6.07, 6.45) is 3.98. The van der Waals surface area contributed by atoms with Gasteiger partial charge in [-0.1, -0.05) is 35.9 Å². The van der Waals surface area contributed by atoms with Crippen LogP contribution in [0.15, 0.2) is 54.2 Å². The molecule has 0 radical (unpaired) electrons. The molecule has 0 saturated heterocycles. The highest BCUT2D eigenvalue weighted by Crippen LogP contribution is 2.29. The second-order valence-electron chi connectivity index (χ2n) is 6.17. The number of sulfonamides is 1. The minimum Gasteiger partial charge on any atom is -0.493 e. The number of halogens is 2. The van der Waals surface area contributed by atoms with Crippen molar-refractivity contribution in [2.24, 2.45) is 5.10 Å². The molecule has 1 amide bonds. The third kappa shape index (κ3) is 7.16. The van der Waals surface area contributed by atoms with Gasteiger partial charge in [0.05, 0.1) is 35.3 Å². The van der Waals surface area contributed by atoms with E-state index in [0.29, 0.717) is 23.7 Å². The summed E-state index contributed by atoms with van der Waals surface area (Å²) < 4.78 is 35.9. The van der Waals surface area contributed by atoms with Gasteiger partial charge in [0.2, 0.25) is 10.0 Å². The summed E-state index contributed by atoms with van der Waals surface area (Å²) in [7, 11) is -2.26. The van der Waals surface area contributed by atoms with Crippen molar-refractivity contribution in [2.45, 2.75) is 0 Å². The van der Waals surface area contributed by atoms with Gasteiger partial charge in [0.15, 0.2) is 11.5 Å². The first-order valence-corrected chi connectivity index (χ1v) is 11.4. The van der Waals surface area contributed by atoms with Gasteiger partial charge in [-0.2, -0.15) is 5.10 Å². The van der Waals surface area contributed by atoms with Crippen LogP contribution in [0.1, 0.15) is 5.56 Å². The maximum atomic E-state index is 12.3. The maximum Gasteiger partial charge on any atom is 0.260 e. The van der Waals surface area contributed by atoms with Gasteiger partial charge in [0.1, 0.15) is 13.2 Å². The Balaban J connectivity index is 2.09. The van der Waals surface area contributed by atoms with Crippen molar-refractivity contribution < 1.29 is 22.7 Å². The van der Waals surface area contributed by atoms with Crippen LogP contribution in [0.4, 0.5) is 5.69 Å². The molecule has 0 unspecified atom stereocenters. The van der Waals surface area contributed by atoms with Crippen molar-refractivity contribution in [1.29, 1.82) is 0 Å². The molecule has 0 heterocycles. The molecule has 0 aliphatic rings. The Morgan fingerprint density at radius 2 is 1.94 bits per heavy atom. The third-order valence-electron chi connectivity index (χ3n) is 3.83. The molecule has 0 spiro atoms. The second kappa shape index (κ2) is 11.0. The number of hydrogen-bond acceptors (Lipinski definition) is 6. The zero-order valence-corrected chi connectivity index (χ0v) is 19.2. The predicted octanol–water partition coefficient (Wildman–Crippen LogP) is 3.48. The number of methoxy groups -OCH3 is 1. The average molecular weight is 486 g/mol. The van der Waals surface area contributed by atoms with Gasteiger partial charge in [-0.15, -0.1) is 0 Å². The van der Waals surface area contributed by atoms with E-state index < -0.39 is 22.5 Å². The molecule has 166 valence electrons. The van der Waals surface area contributed by atoms with Gasteiger partial charge < -0.3 is 9.47 Å². The Labute approximate surface area is 191 Å². The van der Waals surface area contributed by atoms with Crippen LogP contribution >= 0.6 is 23.2 Å². The van der Waals surface area contributed by atoms with Crippen LogP contribution in [-0.4, -0.2) is 47.1 Å². The number of amides is 1. The highest BCUT2D eigenvalue weighted by molar-refractivity contribution is 7.92. The van der Waals surface area contributed by atoms with Crippen LogP contribution in [0.25, 0.3) is 0 Å². The molecule has 0 fully saturated rings. The van der Waals surface area contributed by atoms with Crippen molar-refractivity contribution in [3.8, 4) is 11.5 Å². The molecule has 2 aromatic carbocycles. The maximum absolute atomic E-state index is 12.3. The van der Waals surface area contributed by atoms with Crippen LogP contribution in [0.2, 0.25) is 10.0 Å². The molecule has 0 aliphatic carbocycles. The van der Waals surface area contributed by atoms with Crippen LogP contribution in [0.5, 0.6) is 11.5 Å². The molecule has 2 aromatic rings. The third-order valence-corrected chi connectivity index (χ3v) is 5.71. The Kier molecular flexibility index (Phi) is 8.73. The van der Waals surface area contributed by atoms with E-state index in [2.05, 4.69) is 17.1 Å². The van der Waals surface area contributed by atoms with Crippen molar-refractivity contribution in [1.82, 2.24) is 5.43 Å². The highest BCUT2D eigenvalue weighted by Gasteiger charge is 2.21. The standard InChI is InChI=1S/C20H21Cl2N3O5S/c1-4-9-30-18-8-5-14(10-19(18)29-2)12-23-24-20(26)13-25(31(3,27)28)15-6-7-16(21)17(22)11-15/h4-8,10-12H,1,9,13H2,2-3H3,(H,24,26)/b23-12+. The molecule has 0 aliphatic heterocycles. The van der Waals surface area contributed by atoms with Crippen LogP contribution in [0, 0.1) is 0 Å². The fourth-order valence-electron chi connectivity index (χ4n) is 2.42. The molecule has 0 saturated carbocycles. The highest BCUT2D eigenvalue weighted by atomic mass is 35.5. The van der Waals surface area contributed by atoms with Crippen molar-refractivity contribution in [3.63, 3.8) is 0 Å². The van der Waals surface area contributed by atoms with E-state index >= 15 is 0 Å². The largest absolute Gasteiger partial charge is 0.493 e. The number of hydrogen-bond donors (Lipinski definition) is 1. The van der Waals surface area contributed by atoms with E-state index in [0.717, 1.165) is 10.6 Å². The molecular formula is C20H21Cl2N3O5S. The fraction of sp³-hybridized carbons (Fsp3) is 0.200. The van der Waals surface area contributed by atoms with Crippen LogP contribution in [0.3, 0.4) is 0 Å². The van der Waals surface area contributed by atoms with Crippen LogP contribution in [-0.2, 0) is 14.8 Å². The van der Waals surface area contributed by atoms with Gasteiger partial charge in [-0.05, 0) is 42.0 Å². The van der Waals surface area contributed by atoms with Crippen molar-refractivity contribution in [2.75, 3.05) is 30.8 Å². The Hall–Kier alpha value is -2.75. The molecule has 8 nitrogen and oxygen atoms in total. The van der Waals surface area contributed by atoms with E-state index in [4.69, 9.17) is 32.7 Å². The molecule has 11 heteroatoms. The molecule has 0 aromatic heterocycles. The topological polar surface area (TPSA) is 97.3 Å². The fourth-order valence-corrected chi connectivity index (χ4v) is 3.56. The van der Waals surface area contributed by atoms with Crippen molar-refractivity contribution >= 4 is 51.0 Å². The first kappa shape index (κ1) is 24.5. The summed E-state index contributed by atoms with van der Waals surface area (Å²) in [6, 6.07) is 9.35. The number of hydrazone groups is 1. The summed E-state index contributed by atoms with van der Waals surface area (Å²) in [6.45, 7) is 3.42. The SMILES string of the molecule is C=CCOc1ccc(/C=N/NC(=O)CN(c2ccc(Cl)c(Cl)c2)S(C)(=O)=O)cc1OC. The summed E-state index contributed by atoms with van der Waals surface area (Å²) in [5.74, 6) is 0.375. The van der Waals surface area contributed by atoms with E-state index in [1.54, 1.807) is 24.3 Å². The van der Waals surface area contributed by atoms with E-state index in [1.165, 1.54) is 31.5 Å². The van der Waals surface area contributed by atoms with E-state index in [1.807, 2.05) is 0 Å². The number of anilines is 1. The van der Waals surface area contributed by atoms with E-state index in [9.17, 15) is 13.2 Å². The number of carbonyl (C=O) groups is 1. The Morgan fingerprint density at radius 3 is 2.55 bits per heavy atom. The first-order chi connectivity index (χ1) is 14.7. The average Bonchev–Trinajstić information content (AvgIpc) is 2.72. The zero-order valence-electron chi connectivity index (χ0n) is 16.8. The van der Waals surface area contributed by atoms with Gasteiger partial charge in [-0.3, -0.25) is 9.10 Å². The normalized spacial score (nSPS) is 11.2. The van der Waals surface area contributed by atoms with Gasteiger partial charge >= 0.3 is 0 Å². The summed E-state index contributed by atoms with van der Waals surface area (Å²) >= 11 is 11.8. The monoisotopic (exact) mass is 485 g/mol. The smallest absolute Gasteiger partial charge is 0.260 e. The lowest BCUT2D eigenvalue weighted by Crippen LogP contribution is -2.39. The van der Waals surface area contributed by atoms with Gasteiger partial charge in [-0.25, -0.2) is 13.8 Å². The minimum absolute atomic E-state index is 0.167. The van der Waals surface area contributed by atoms with Gasteiger partial charge in [0, 0.05) is 0 Å². The molecule has 0 bridgehead atoms. The quantitative estimate of drug-likeness (QED) is 0.315. The van der Waals surface area contributed by atoms with Crippen LogP contribution < -0.4 is 19.2 Å². The first-order valence-electron chi connectivity index (χ1n) is 8.82. The van der Waals surface area contributed by atoms with Gasteiger partial charge in [0.25, 0.3) is 5.91 Å². The number of nitrogens with one attached hydrogen (secondary N) is 1. The molecule has 0 atom stereocenters. The molecule has 2 rings (SSSR count). The minimum atomic E-state index is -3.76. The lowest BCUT2D eigenvalue weighted by Gasteiger charge is -2.21. The molecule has 1 N–H and O–H groups in total. The Morgan fingerprint density at radius 1 is 1.19 bits per heavy atom. The molecule has 31 heavy (non-hydrogen) atoms. The molecular weight excluding hydrogens is 465 g/mol. The lowest BCUT2D eigenvalue weighted by molar-refractivity contribution is -0.119. The predicted molar refractivity (Wildman–Crippen MR) is 123 cm³/mol. The number of rotatable bonds is 10. The number of ether oxygens (including phenoxy) is 2. The zero-order chi connectivity index (χ0) is 23.0. The number of benzene rings is 2. The Bertz CT molecular complexity index is 1090. The summed E-state index contributed by atoms with van der Waals surface area (Å²) in [5.41, 5.74) is 3.13. The number of carbonyl (C=O) groups excluding carboxylic acids is 1. The lowest BCUT2D eigenvalue weighted by atomic mass is 10.2. The second-order valence-corrected chi connectivity index (χ2v) is 8.89. The van der Waals surface area contributed by atoms with Crippen molar-refractivity contribution in [3.05, 3.63) is 64.7 Å². The summed E-state index contributed by atoms with van der Waals surface area (Å²) in [5, 5.41) is 4.30. The number of nitrogens with zero attached hydrogens (tertiary/aromatic N) is 2.